The molecule has 0 N–H and O–H groups in total. The van der Waals surface area contributed by atoms with Gasteiger partial charge < -0.3 is 9.47 Å². The van der Waals surface area contributed by atoms with Crippen molar-refractivity contribution in [3.8, 4) is 0 Å². The van der Waals surface area contributed by atoms with E-state index in [2.05, 4.69) is 44.3 Å². The average Bonchev–Trinajstić information content (AvgIpc) is 2.68. The maximum absolute atomic E-state index is 11.6. The summed E-state index contributed by atoms with van der Waals surface area (Å²) in [6.07, 6.45) is 21.1. The third-order valence-electron chi connectivity index (χ3n) is 4.44. The van der Waals surface area contributed by atoms with E-state index in [4.69, 9.17) is 9.47 Å². The highest BCUT2D eigenvalue weighted by Crippen LogP contribution is 2.10. The van der Waals surface area contributed by atoms with Crippen molar-refractivity contribution in [2.24, 2.45) is 0 Å². The largest absolute Gasteiger partial charge is 0.462 e. The van der Waals surface area contributed by atoms with Crippen molar-refractivity contribution in [2.75, 3.05) is 13.2 Å². The Kier molecular flexibility index (Phi) is 20.6. The molecule has 0 aliphatic rings. The van der Waals surface area contributed by atoms with Crippen LogP contribution in [-0.4, -0.2) is 29.7 Å². The zero-order chi connectivity index (χ0) is 20.9. The summed E-state index contributed by atoms with van der Waals surface area (Å²) in [4.78, 5) is 22.7. The summed E-state index contributed by atoms with van der Waals surface area (Å²) in [5.41, 5.74) is 0. The van der Waals surface area contributed by atoms with Crippen LogP contribution in [0.3, 0.4) is 0 Å². The molecular formula is C22H40O4S2. The van der Waals surface area contributed by atoms with Crippen molar-refractivity contribution in [1.82, 2.24) is 0 Å². The van der Waals surface area contributed by atoms with Crippen LogP contribution in [0.5, 0.6) is 0 Å². The minimum atomic E-state index is -0.758. The molecule has 0 unspecified atom stereocenters. The fourth-order valence-corrected chi connectivity index (χ4v) is 2.93. The molecule has 0 saturated heterocycles. The van der Waals surface area contributed by atoms with Crippen LogP contribution >= 0.6 is 25.3 Å². The lowest BCUT2D eigenvalue weighted by molar-refractivity contribution is -0.151. The Balaban J connectivity index is 3.28. The maximum atomic E-state index is 11.6. The van der Waals surface area contributed by atoms with E-state index in [1.807, 2.05) is 0 Å². The molecular weight excluding hydrogens is 392 g/mol. The van der Waals surface area contributed by atoms with Gasteiger partial charge in [-0.3, -0.25) is 4.79 Å². The van der Waals surface area contributed by atoms with Gasteiger partial charge in [-0.2, -0.15) is 25.3 Å². The predicted octanol–water partition coefficient (Wildman–Crippen LogP) is 6.30. The Morgan fingerprint density at radius 3 is 1.82 bits per heavy atom. The highest BCUT2D eigenvalue weighted by Gasteiger charge is 2.10. The van der Waals surface area contributed by atoms with Crippen LogP contribution in [0.1, 0.15) is 96.8 Å². The van der Waals surface area contributed by atoms with Gasteiger partial charge in [0.15, 0.2) is 0 Å². The van der Waals surface area contributed by atoms with Gasteiger partial charge in [0.2, 0.25) is 0 Å². The van der Waals surface area contributed by atoms with Crippen molar-refractivity contribution in [2.45, 2.75) is 101 Å². The topological polar surface area (TPSA) is 52.6 Å². The lowest BCUT2D eigenvalue weighted by atomic mass is 10.1. The summed E-state index contributed by atoms with van der Waals surface area (Å²) < 4.78 is 9.07. The third kappa shape index (κ3) is 20.1. The molecule has 0 heterocycles. The number of hydrogen-bond acceptors (Lipinski definition) is 6. The summed E-state index contributed by atoms with van der Waals surface area (Å²) in [7, 11) is 0. The molecule has 0 bridgehead atoms. The molecule has 0 aromatic rings. The number of rotatable bonds is 19. The first-order valence-corrected chi connectivity index (χ1v) is 11.9. The van der Waals surface area contributed by atoms with Crippen LogP contribution in [0.25, 0.3) is 0 Å². The first-order valence-electron chi connectivity index (χ1n) is 10.9. The van der Waals surface area contributed by atoms with E-state index in [0.717, 1.165) is 25.7 Å². The number of unbranched alkanes of at least 4 members (excludes halogenated alkanes) is 11. The second kappa shape index (κ2) is 21.1. The molecule has 4 nitrogen and oxygen atoms in total. The summed E-state index contributed by atoms with van der Waals surface area (Å²) >= 11 is 7.67. The molecule has 164 valence electrons. The normalized spacial score (nSPS) is 11.3. The van der Waals surface area contributed by atoms with Gasteiger partial charge in [-0.05, 0) is 32.1 Å². The maximum Gasteiger partial charge on any atom is 0.328 e. The van der Waals surface area contributed by atoms with Crippen LogP contribution in [-0.2, 0) is 19.1 Å². The summed E-state index contributed by atoms with van der Waals surface area (Å²) in [5, 5.41) is 0. The van der Waals surface area contributed by atoms with E-state index in [1.165, 1.54) is 57.8 Å². The van der Waals surface area contributed by atoms with Gasteiger partial charge in [-0.15, -0.1) is 0 Å². The SMILES string of the molecule is CCCCCCCC/C=C/CCCCCCCC(=O)OCCOC(=O)C(S)S. The zero-order valence-corrected chi connectivity index (χ0v) is 19.4. The number of allylic oxidation sites excluding steroid dienone is 2. The van der Waals surface area contributed by atoms with Gasteiger partial charge in [-0.1, -0.05) is 70.4 Å². The fraction of sp³-hybridized carbons (Fsp3) is 0.818. The van der Waals surface area contributed by atoms with Crippen LogP contribution in [0.2, 0.25) is 0 Å². The summed E-state index contributed by atoms with van der Waals surface area (Å²) in [6, 6.07) is 0. The molecule has 0 radical (unpaired) electrons. The lowest BCUT2D eigenvalue weighted by Gasteiger charge is -2.07. The molecule has 0 aromatic heterocycles. The van der Waals surface area contributed by atoms with E-state index in [9.17, 15) is 9.59 Å². The zero-order valence-electron chi connectivity index (χ0n) is 17.6. The predicted molar refractivity (Wildman–Crippen MR) is 123 cm³/mol. The van der Waals surface area contributed by atoms with Crippen molar-refractivity contribution in [1.29, 1.82) is 0 Å². The summed E-state index contributed by atoms with van der Waals surface area (Å²) in [5.74, 6) is -0.762. The molecule has 0 fully saturated rings. The van der Waals surface area contributed by atoms with Gasteiger partial charge in [0.1, 0.15) is 17.8 Å². The third-order valence-corrected chi connectivity index (χ3v) is 4.87. The molecule has 6 heteroatoms. The first-order chi connectivity index (χ1) is 13.6. The number of carbonyl (C=O) groups excluding carboxylic acids is 2. The van der Waals surface area contributed by atoms with Gasteiger partial charge in [0.05, 0.1) is 0 Å². The summed E-state index contributed by atoms with van der Waals surface area (Å²) in [6.45, 7) is 2.39. The number of carbonyl (C=O) groups is 2. The molecule has 0 saturated carbocycles. The highest BCUT2D eigenvalue weighted by atomic mass is 32.2. The van der Waals surface area contributed by atoms with Crippen molar-refractivity contribution >= 4 is 37.2 Å². The van der Waals surface area contributed by atoms with Crippen LogP contribution < -0.4 is 0 Å². The van der Waals surface area contributed by atoms with Gasteiger partial charge in [-0.25, -0.2) is 4.79 Å². The van der Waals surface area contributed by atoms with Crippen LogP contribution in [0.4, 0.5) is 0 Å². The molecule has 0 rings (SSSR count). The molecule has 0 spiro atoms. The molecule has 0 aliphatic carbocycles. The molecule has 28 heavy (non-hydrogen) atoms. The minimum Gasteiger partial charge on any atom is -0.462 e. The number of thiol groups is 2. The molecule has 0 amide bonds. The Labute approximate surface area is 183 Å². The standard InChI is InChI=1S/C22H40O4S2/c1-2-3-4-5-6-7-8-9-10-11-12-13-14-15-16-17-20(23)25-18-19-26-21(24)22(27)28/h9-10,22,27-28H,2-8,11-19H2,1H3/b10-9+. The van der Waals surface area contributed by atoms with E-state index in [-0.39, 0.29) is 19.2 Å². The number of hydrogen-bond donors (Lipinski definition) is 2. The second-order valence-corrected chi connectivity index (χ2v) is 8.54. The van der Waals surface area contributed by atoms with E-state index >= 15 is 0 Å². The molecule has 0 aliphatic heterocycles. The highest BCUT2D eigenvalue weighted by molar-refractivity contribution is 8.00. The van der Waals surface area contributed by atoms with Crippen molar-refractivity contribution in [3.63, 3.8) is 0 Å². The lowest BCUT2D eigenvalue weighted by Crippen LogP contribution is -2.17. The van der Waals surface area contributed by atoms with E-state index in [1.54, 1.807) is 0 Å². The van der Waals surface area contributed by atoms with Gasteiger partial charge in [0.25, 0.3) is 0 Å². The number of esters is 2. The van der Waals surface area contributed by atoms with Crippen molar-refractivity contribution in [3.05, 3.63) is 12.2 Å². The Morgan fingerprint density at radius 2 is 1.25 bits per heavy atom. The quantitative estimate of drug-likeness (QED) is 0.0827. The monoisotopic (exact) mass is 432 g/mol. The fourth-order valence-electron chi connectivity index (χ4n) is 2.78. The average molecular weight is 433 g/mol. The second-order valence-electron chi connectivity index (χ2n) is 7.10. The Hall–Kier alpha value is -0.620. The van der Waals surface area contributed by atoms with Crippen LogP contribution in [0, 0.1) is 0 Å². The van der Waals surface area contributed by atoms with E-state index < -0.39 is 10.6 Å². The van der Waals surface area contributed by atoms with Crippen LogP contribution in [0.15, 0.2) is 12.2 Å². The van der Waals surface area contributed by atoms with E-state index in [0.29, 0.717) is 6.42 Å². The van der Waals surface area contributed by atoms with Crippen molar-refractivity contribution < 1.29 is 19.1 Å². The molecule has 0 atom stereocenters. The minimum absolute atomic E-state index is 0.0502. The molecule has 0 aromatic carbocycles. The number of ether oxygens (including phenoxy) is 2. The first kappa shape index (κ1) is 27.4. The Bertz CT molecular complexity index is 411. The Morgan fingerprint density at radius 1 is 0.750 bits per heavy atom. The van der Waals surface area contributed by atoms with Gasteiger partial charge in [0, 0.05) is 6.42 Å². The van der Waals surface area contributed by atoms with Gasteiger partial charge >= 0.3 is 11.9 Å². The smallest absolute Gasteiger partial charge is 0.328 e.